The number of benzene rings is 1. The highest BCUT2D eigenvalue weighted by atomic mass is 16.5. The summed E-state index contributed by atoms with van der Waals surface area (Å²) in [6, 6.07) is 11.0. The number of hydrogen-bond acceptors (Lipinski definition) is 5. The molecule has 0 aliphatic heterocycles. The zero-order valence-electron chi connectivity index (χ0n) is 12.7. The van der Waals surface area contributed by atoms with Crippen LogP contribution < -0.4 is 0 Å². The van der Waals surface area contributed by atoms with Crippen molar-refractivity contribution in [3.05, 3.63) is 78.1 Å². The van der Waals surface area contributed by atoms with E-state index in [-0.39, 0.29) is 12.1 Å². The van der Waals surface area contributed by atoms with Gasteiger partial charge in [0.15, 0.2) is 0 Å². The predicted octanol–water partition coefficient (Wildman–Crippen LogP) is 2.64. The van der Waals surface area contributed by atoms with Gasteiger partial charge >= 0.3 is 5.97 Å². The number of rotatable bonds is 5. The van der Waals surface area contributed by atoms with Crippen LogP contribution in [0, 0.1) is 0 Å². The summed E-state index contributed by atoms with van der Waals surface area (Å²) in [5, 5.41) is 4.07. The molecule has 0 bridgehead atoms. The highest BCUT2D eigenvalue weighted by molar-refractivity contribution is 5.91. The normalized spacial score (nSPS) is 11.9. The Labute approximate surface area is 133 Å². The standard InChI is InChI=1S/C17H16N4O2/c1-13(14-6-4-8-18-9-14)23-17(22)16-7-3-2-5-15(16)10-21-12-19-11-20-21/h2-9,11-13H,10H2,1H3/t13-/m1/s1. The Morgan fingerprint density at radius 2 is 2.09 bits per heavy atom. The molecule has 0 saturated carbocycles. The summed E-state index contributed by atoms with van der Waals surface area (Å²) < 4.78 is 7.22. The molecule has 0 radical (unpaired) electrons. The second-order valence-corrected chi connectivity index (χ2v) is 5.08. The number of ether oxygens (including phenoxy) is 1. The first-order valence-corrected chi connectivity index (χ1v) is 7.25. The molecule has 0 saturated heterocycles. The van der Waals surface area contributed by atoms with Crippen molar-refractivity contribution >= 4 is 5.97 Å². The van der Waals surface area contributed by atoms with Crippen molar-refractivity contribution in [2.24, 2.45) is 0 Å². The van der Waals surface area contributed by atoms with Gasteiger partial charge in [0, 0.05) is 18.0 Å². The largest absolute Gasteiger partial charge is 0.454 e. The van der Waals surface area contributed by atoms with Crippen molar-refractivity contribution in [3.8, 4) is 0 Å². The Balaban J connectivity index is 1.77. The van der Waals surface area contributed by atoms with E-state index in [0.29, 0.717) is 12.1 Å². The maximum absolute atomic E-state index is 12.5. The monoisotopic (exact) mass is 308 g/mol. The summed E-state index contributed by atoms with van der Waals surface area (Å²) in [4.78, 5) is 20.4. The van der Waals surface area contributed by atoms with Crippen molar-refractivity contribution in [1.82, 2.24) is 19.7 Å². The average molecular weight is 308 g/mol. The van der Waals surface area contributed by atoms with E-state index in [9.17, 15) is 4.79 Å². The number of esters is 1. The first kappa shape index (κ1) is 14.9. The summed E-state index contributed by atoms with van der Waals surface area (Å²) in [6.07, 6.45) is 6.09. The third kappa shape index (κ3) is 3.60. The molecular weight excluding hydrogens is 292 g/mol. The van der Waals surface area contributed by atoms with E-state index in [4.69, 9.17) is 4.74 Å². The molecule has 0 aliphatic rings. The van der Waals surface area contributed by atoms with Crippen molar-refractivity contribution in [2.75, 3.05) is 0 Å². The molecule has 23 heavy (non-hydrogen) atoms. The summed E-state index contributed by atoms with van der Waals surface area (Å²) in [5.41, 5.74) is 2.22. The molecule has 6 nitrogen and oxygen atoms in total. The third-order valence-electron chi connectivity index (χ3n) is 3.47. The van der Waals surface area contributed by atoms with Crippen LogP contribution in [-0.4, -0.2) is 25.7 Å². The third-order valence-corrected chi connectivity index (χ3v) is 3.47. The molecule has 0 amide bonds. The molecule has 0 fully saturated rings. The molecule has 2 aromatic heterocycles. The smallest absolute Gasteiger partial charge is 0.339 e. The van der Waals surface area contributed by atoms with E-state index in [2.05, 4.69) is 15.1 Å². The van der Waals surface area contributed by atoms with E-state index < -0.39 is 0 Å². The van der Waals surface area contributed by atoms with E-state index in [1.807, 2.05) is 37.3 Å². The second-order valence-electron chi connectivity index (χ2n) is 5.08. The van der Waals surface area contributed by atoms with Crippen LogP contribution in [0.25, 0.3) is 0 Å². The van der Waals surface area contributed by atoms with Gasteiger partial charge in [-0.2, -0.15) is 5.10 Å². The van der Waals surface area contributed by atoms with Gasteiger partial charge in [-0.1, -0.05) is 24.3 Å². The Kier molecular flexibility index (Phi) is 4.42. The molecule has 0 spiro atoms. The number of carbonyl (C=O) groups is 1. The first-order valence-electron chi connectivity index (χ1n) is 7.25. The molecule has 0 N–H and O–H groups in total. The van der Waals surface area contributed by atoms with Gasteiger partial charge in [-0.05, 0) is 24.6 Å². The van der Waals surface area contributed by atoms with Gasteiger partial charge in [0.2, 0.25) is 0 Å². The van der Waals surface area contributed by atoms with Crippen LogP contribution in [0.15, 0.2) is 61.4 Å². The van der Waals surface area contributed by atoms with Crippen LogP contribution in [0.1, 0.15) is 34.5 Å². The lowest BCUT2D eigenvalue weighted by Gasteiger charge is -2.15. The minimum Gasteiger partial charge on any atom is -0.454 e. The topological polar surface area (TPSA) is 69.9 Å². The zero-order valence-corrected chi connectivity index (χ0v) is 12.7. The van der Waals surface area contributed by atoms with Crippen LogP contribution in [-0.2, 0) is 11.3 Å². The maximum atomic E-state index is 12.5. The molecular formula is C17H16N4O2. The summed E-state index contributed by atoms with van der Waals surface area (Å²) >= 11 is 0. The van der Waals surface area contributed by atoms with Gasteiger partial charge < -0.3 is 4.74 Å². The molecule has 3 rings (SSSR count). The summed E-state index contributed by atoms with van der Waals surface area (Å²) in [5.74, 6) is -0.364. The Morgan fingerprint density at radius 1 is 1.22 bits per heavy atom. The van der Waals surface area contributed by atoms with Crippen LogP contribution in [0.5, 0.6) is 0 Å². The average Bonchev–Trinajstić information content (AvgIpc) is 3.09. The fraction of sp³-hybridized carbons (Fsp3) is 0.176. The van der Waals surface area contributed by atoms with Crippen molar-refractivity contribution in [1.29, 1.82) is 0 Å². The van der Waals surface area contributed by atoms with Crippen LogP contribution in [0.2, 0.25) is 0 Å². The summed E-state index contributed by atoms with van der Waals surface area (Å²) in [7, 11) is 0. The SMILES string of the molecule is C[C@@H](OC(=O)c1ccccc1Cn1cncn1)c1cccnc1. The first-order chi connectivity index (χ1) is 11.2. The van der Waals surface area contributed by atoms with Gasteiger partial charge in [-0.15, -0.1) is 0 Å². The number of carbonyl (C=O) groups excluding carboxylic acids is 1. The van der Waals surface area contributed by atoms with Gasteiger partial charge in [-0.3, -0.25) is 4.98 Å². The minimum atomic E-state index is -0.365. The fourth-order valence-electron chi connectivity index (χ4n) is 2.25. The highest BCUT2D eigenvalue weighted by Gasteiger charge is 2.17. The van der Waals surface area contributed by atoms with E-state index in [1.54, 1.807) is 29.5 Å². The van der Waals surface area contributed by atoms with Gasteiger partial charge in [0.1, 0.15) is 18.8 Å². The maximum Gasteiger partial charge on any atom is 0.339 e. The molecule has 0 unspecified atom stereocenters. The second kappa shape index (κ2) is 6.83. The van der Waals surface area contributed by atoms with Crippen LogP contribution >= 0.6 is 0 Å². The van der Waals surface area contributed by atoms with Crippen molar-refractivity contribution < 1.29 is 9.53 Å². The van der Waals surface area contributed by atoms with Crippen LogP contribution in [0.4, 0.5) is 0 Å². The Bertz CT molecular complexity index is 772. The molecule has 1 aromatic carbocycles. The van der Waals surface area contributed by atoms with Gasteiger partial charge in [0.05, 0.1) is 12.1 Å². The lowest BCUT2D eigenvalue weighted by atomic mass is 10.1. The number of aromatic nitrogens is 4. The molecule has 1 atom stereocenters. The van der Waals surface area contributed by atoms with Crippen LogP contribution in [0.3, 0.4) is 0 Å². The molecule has 3 aromatic rings. The van der Waals surface area contributed by atoms with Crippen molar-refractivity contribution in [3.63, 3.8) is 0 Å². The molecule has 6 heteroatoms. The number of nitrogens with zero attached hydrogens (tertiary/aromatic N) is 4. The predicted molar refractivity (Wildman–Crippen MR) is 83.6 cm³/mol. The lowest BCUT2D eigenvalue weighted by molar-refractivity contribution is 0.0336. The lowest BCUT2D eigenvalue weighted by Crippen LogP contribution is -2.13. The minimum absolute atomic E-state index is 0.364. The van der Waals surface area contributed by atoms with Gasteiger partial charge in [0.25, 0.3) is 0 Å². The number of pyridine rings is 1. The fourth-order valence-corrected chi connectivity index (χ4v) is 2.25. The van der Waals surface area contributed by atoms with E-state index in [1.165, 1.54) is 6.33 Å². The highest BCUT2D eigenvalue weighted by Crippen LogP contribution is 2.19. The quantitative estimate of drug-likeness (QED) is 0.678. The molecule has 116 valence electrons. The van der Waals surface area contributed by atoms with E-state index >= 15 is 0 Å². The van der Waals surface area contributed by atoms with E-state index in [0.717, 1.165) is 11.1 Å². The van der Waals surface area contributed by atoms with Crippen molar-refractivity contribution in [2.45, 2.75) is 19.6 Å². The molecule has 0 aliphatic carbocycles. The zero-order chi connectivity index (χ0) is 16.1. The Hall–Kier alpha value is -3.02. The van der Waals surface area contributed by atoms with Gasteiger partial charge in [-0.25, -0.2) is 14.5 Å². The summed E-state index contributed by atoms with van der Waals surface area (Å²) in [6.45, 7) is 2.29. The number of hydrogen-bond donors (Lipinski definition) is 0. The molecule has 2 heterocycles. The Morgan fingerprint density at radius 3 is 2.83 bits per heavy atom.